The first-order valence-electron chi connectivity index (χ1n) is 10.3. The minimum atomic E-state index is -0.740. The molecule has 2 unspecified atom stereocenters. The Hall–Kier alpha value is -3.44. The Morgan fingerprint density at radius 1 is 0.839 bits per heavy atom. The van der Waals surface area contributed by atoms with Crippen molar-refractivity contribution in [2.75, 3.05) is 13.7 Å². The number of amides is 1. The average molecular weight is 417 g/mol. The van der Waals surface area contributed by atoms with Crippen molar-refractivity contribution < 1.29 is 14.3 Å². The number of hydrogen-bond donors (Lipinski definition) is 2. The Kier molecular flexibility index (Phi) is 7.96. The van der Waals surface area contributed by atoms with Gasteiger partial charge in [-0.05, 0) is 23.6 Å². The zero-order chi connectivity index (χ0) is 22.1. The van der Waals surface area contributed by atoms with Gasteiger partial charge < -0.3 is 10.1 Å². The van der Waals surface area contributed by atoms with E-state index >= 15 is 0 Å². The van der Waals surface area contributed by atoms with Gasteiger partial charge in [0.05, 0.1) is 19.7 Å². The van der Waals surface area contributed by atoms with Crippen LogP contribution in [-0.2, 0) is 20.7 Å². The summed E-state index contributed by atoms with van der Waals surface area (Å²) in [5.74, 6) is -0.727. The average Bonchev–Trinajstić information content (AvgIpc) is 2.81. The lowest BCUT2D eigenvalue weighted by atomic mass is 9.98. The number of nitrogens with one attached hydrogen (secondary N) is 2. The van der Waals surface area contributed by atoms with Crippen molar-refractivity contribution in [2.45, 2.75) is 25.4 Å². The molecule has 2 atom stereocenters. The van der Waals surface area contributed by atoms with E-state index in [0.717, 1.165) is 16.7 Å². The van der Waals surface area contributed by atoms with E-state index in [4.69, 9.17) is 4.74 Å². The molecule has 0 aromatic heterocycles. The molecule has 31 heavy (non-hydrogen) atoms. The highest BCUT2D eigenvalue weighted by molar-refractivity contribution is 5.85. The second-order valence-electron chi connectivity index (χ2n) is 7.47. The van der Waals surface area contributed by atoms with Crippen molar-refractivity contribution in [3.05, 3.63) is 107 Å². The Bertz CT molecular complexity index is 973. The lowest BCUT2D eigenvalue weighted by Gasteiger charge is -2.21. The van der Waals surface area contributed by atoms with Crippen LogP contribution in [0.4, 0.5) is 0 Å². The van der Waals surface area contributed by atoms with Crippen molar-refractivity contribution in [1.29, 1.82) is 0 Å². The maximum atomic E-state index is 12.7. The molecule has 5 nitrogen and oxygen atoms in total. The quantitative estimate of drug-likeness (QED) is 0.524. The van der Waals surface area contributed by atoms with E-state index in [0.29, 0.717) is 6.42 Å². The van der Waals surface area contributed by atoms with E-state index in [1.165, 1.54) is 12.7 Å². The lowest BCUT2D eigenvalue weighted by molar-refractivity contribution is -0.144. The van der Waals surface area contributed by atoms with E-state index < -0.39 is 12.0 Å². The SMILES string of the molecule is COC(=O)C(Cc1ccccc1)NC(=O)CNC(c1ccccc1)c1ccc(C)cc1. The Labute approximate surface area is 183 Å². The molecular weight excluding hydrogens is 388 g/mol. The van der Waals surface area contributed by atoms with E-state index in [2.05, 4.69) is 34.9 Å². The number of carbonyl (C=O) groups excluding carboxylic acids is 2. The summed E-state index contributed by atoms with van der Waals surface area (Å²) in [5, 5.41) is 6.14. The summed E-state index contributed by atoms with van der Waals surface area (Å²) in [7, 11) is 1.33. The summed E-state index contributed by atoms with van der Waals surface area (Å²) in [6.07, 6.45) is 0.374. The number of aryl methyl sites for hydroxylation is 1. The summed E-state index contributed by atoms with van der Waals surface area (Å²) >= 11 is 0. The van der Waals surface area contributed by atoms with Gasteiger partial charge in [-0.2, -0.15) is 0 Å². The van der Waals surface area contributed by atoms with Crippen molar-refractivity contribution in [2.24, 2.45) is 0 Å². The fourth-order valence-electron chi connectivity index (χ4n) is 3.46. The highest BCUT2D eigenvalue weighted by Gasteiger charge is 2.23. The molecule has 0 aliphatic carbocycles. The van der Waals surface area contributed by atoms with Gasteiger partial charge in [0.15, 0.2) is 0 Å². The number of esters is 1. The first-order chi connectivity index (χ1) is 15.1. The molecule has 0 spiro atoms. The Morgan fingerprint density at radius 3 is 2.03 bits per heavy atom. The van der Waals surface area contributed by atoms with Crippen LogP contribution < -0.4 is 10.6 Å². The second kappa shape index (κ2) is 11.1. The van der Waals surface area contributed by atoms with Crippen molar-refractivity contribution in [3.63, 3.8) is 0 Å². The highest BCUT2D eigenvalue weighted by atomic mass is 16.5. The van der Waals surface area contributed by atoms with Gasteiger partial charge in [-0.3, -0.25) is 10.1 Å². The standard InChI is InChI=1S/C26H28N2O3/c1-19-13-15-22(16-14-19)25(21-11-7-4-8-12-21)27-18-24(29)28-23(26(30)31-2)17-20-9-5-3-6-10-20/h3-16,23,25,27H,17-18H2,1-2H3,(H,28,29). The van der Waals surface area contributed by atoms with Gasteiger partial charge in [0.2, 0.25) is 5.91 Å². The Balaban J connectivity index is 1.69. The topological polar surface area (TPSA) is 67.4 Å². The van der Waals surface area contributed by atoms with Gasteiger partial charge in [-0.15, -0.1) is 0 Å². The van der Waals surface area contributed by atoms with Gasteiger partial charge in [0.25, 0.3) is 0 Å². The fraction of sp³-hybridized carbons (Fsp3) is 0.231. The molecule has 0 saturated carbocycles. The molecule has 0 aliphatic rings. The number of carbonyl (C=O) groups is 2. The van der Waals surface area contributed by atoms with Crippen LogP contribution in [0.1, 0.15) is 28.3 Å². The first-order valence-corrected chi connectivity index (χ1v) is 10.3. The number of rotatable bonds is 9. The van der Waals surface area contributed by atoms with Gasteiger partial charge in [0, 0.05) is 6.42 Å². The minimum absolute atomic E-state index is 0.0652. The predicted octanol–water partition coefficient (Wildman–Crippen LogP) is 3.57. The summed E-state index contributed by atoms with van der Waals surface area (Å²) in [4.78, 5) is 24.9. The summed E-state index contributed by atoms with van der Waals surface area (Å²) in [6, 6.07) is 26.9. The zero-order valence-electron chi connectivity index (χ0n) is 17.9. The van der Waals surface area contributed by atoms with E-state index in [-0.39, 0.29) is 18.5 Å². The maximum Gasteiger partial charge on any atom is 0.328 e. The van der Waals surface area contributed by atoms with Crippen molar-refractivity contribution in [3.8, 4) is 0 Å². The molecule has 2 N–H and O–H groups in total. The number of ether oxygens (including phenoxy) is 1. The molecule has 0 aliphatic heterocycles. The lowest BCUT2D eigenvalue weighted by Crippen LogP contribution is -2.46. The van der Waals surface area contributed by atoms with Crippen LogP contribution in [0.15, 0.2) is 84.9 Å². The van der Waals surface area contributed by atoms with Crippen LogP contribution in [-0.4, -0.2) is 31.6 Å². The number of hydrogen-bond acceptors (Lipinski definition) is 4. The number of benzene rings is 3. The summed E-state index contributed by atoms with van der Waals surface area (Å²) in [5.41, 5.74) is 4.26. The molecule has 1 amide bonds. The smallest absolute Gasteiger partial charge is 0.328 e. The van der Waals surface area contributed by atoms with Gasteiger partial charge in [-0.1, -0.05) is 90.5 Å². The largest absolute Gasteiger partial charge is 0.467 e. The monoisotopic (exact) mass is 416 g/mol. The van der Waals surface area contributed by atoms with Crippen LogP contribution in [0.2, 0.25) is 0 Å². The van der Waals surface area contributed by atoms with Crippen LogP contribution >= 0.6 is 0 Å². The zero-order valence-corrected chi connectivity index (χ0v) is 17.9. The van der Waals surface area contributed by atoms with Gasteiger partial charge >= 0.3 is 5.97 Å². The molecule has 0 bridgehead atoms. The molecule has 3 aromatic carbocycles. The van der Waals surface area contributed by atoms with Gasteiger partial charge in [-0.25, -0.2) is 4.79 Å². The van der Waals surface area contributed by atoms with Gasteiger partial charge in [0.1, 0.15) is 6.04 Å². The minimum Gasteiger partial charge on any atom is -0.467 e. The predicted molar refractivity (Wildman–Crippen MR) is 122 cm³/mol. The normalized spacial score (nSPS) is 12.6. The molecule has 3 aromatic rings. The molecule has 0 saturated heterocycles. The van der Waals surface area contributed by atoms with Crippen LogP contribution in [0.3, 0.4) is 0 Å². The third kappa shape index (κ3) is 6.52. The van der Waals surface area contributed by atoms with Crippen molar-refractivity contribution >= 4 is 11.9 Å². The third-order valence-corrected chi connectivity index (χ3v) is 5.11. The van der Waals surface area contributed by atoms with E-state index in [9.17, 15) is 9.59 Å². The van der Waals surface area contributed by atoms with Crippen LogP contribution in [0, 0.1) is 6.92 Å². The number of methoxy groups -OCH3 is 1. The van der Waals surface area contributed by atoms with Crippen LogP contribution in [0.25, 0.3) is 0 Å². The summed E-state index contributed by atoms with van der Waals surface area (Å²) in [6.45, 7) is 2.11. The van der Waals surface area contributed by atoms with Crippen LogP contribution in [0.5, 0.6) is 0 Å². The highest BCUT2D eigenvalue weighted by Crippen LogP contribution is 2.22. The summed E-state index contributed by atoms with van der Waals surface area (Å²) < 4.78 is 4.89. The second-order valence-corrected chi connectivity index (χ2v) is 7.47. The maximum absolute atomic E-state index is 12.7. The van der Waals surface area contributed by atoms with E-state index in [1.807, 2.05) is 67.6 Å². The molecule has 0 radical (unpaired) electrons. The Morgan fingerprint density at radius 2 is 1.42 bits per heavy atom. The first kappa shape index (κ1) is 22.2. The molecule has 3 rings (SSSR count). The fourth-order valence-corrected chi connectivity index (χ4v) is 3.46. The molecular formula is C26H28N2O3. The molecule has 0 fully saturated rings. The van der Waals surface area contributed by atoms with Crippen molar-refractivity contribution in [1.82, 2.24) is 10.6 Å². The molecule has 0 heterocycles. The van der Waals surface area contributed by atoms with E-state index in [1.54, 1.807) is 0 Å². The molecule has 160 valence electrons. The third-order valence-electron chi connectivity index (χ3n) is 5.11. The molecule has 5 heteroatoms.